The van der Waals surface area contributed by atoms with Gasteiger partial charge in [0.15, 0.2) is 6.61 Å². The third kappa shape index (κ3) is 6.92. The van der Waals surface area contributed by atoms with Gasteiger partial charge in [-0.05, 0) is 37.6 Å². The van der Waals surface area contributed by atoms with Crippen LogP contribution >= 0.6 is 0 Å². The number of ether oxygens (including phenoxy) is 1. The van der Waals surface area contributed by atoms with Crippen LogP contribution in [0.2, 0.25) is 0 Å². The second-order valence-electron chi connectivity index (χ2n) is 5.29. The highest BCUT2D eigenvalue weighted by Crippen LogP contribution is 2.11. The summed E-state index contributed by atoms with van der Waals surface area (Å²) >= 11 is 0. The number of esters is 1. The number of benzene rings is 1. The molecule has 0 heterocycles. The van der Waals surface area contributed by atoms with Crippen LogP contribution in [0.4, 0.5) is 5.69 Å². The van der Waals surface area contributed by atoms with Gasteiger partial charge in [-0.15, -0.1) is 0 Å². The van der Waals surface area contributed by atoms with E-state index >= 15 is 0 Å². The van der Waals surface area contributed by atoms with Crippen LogP contribution < -0.4 is 10.6 Å². The Labute approximate surface area is 141 Å². The van der Waals surface area contributed by atoms with Gasteiger partial charge in [0.1, 0.15) is 6.42 Å². The van der Waals surface area contributed by atoms with Crippen molar-refractivity contribution in [3.63, 3.8) is 0 Å². The van der Waals surface area contributed by atoms with Gasteiger partial charge < -0.3 is 15.4 Å². The van der Waals surface area contributed by atoms with Gasteiger partial charge in [-0.3, -0.25) is 9.59 Å². The van der Waals surface area contributed by atoms with Crippen molar-refractivity contribution in [1.82, 2.24) is 5.32 Å². The standard InChI is InChI=1S/C17H21N3O4/c1-3-4-12(2)19-16(22)11-24-17(23)13-5-7-14(8-6-13)20-15(21)9-10-18/h5-8,12H,3-4,9,11H2,1-2H3,(H,19,22)(H,20,21)/t12-/m0/s1. The molecule has 0 aliphatic heterocycles. The largest absolute Gasteiger partial charge is 0.452 e. The molecule has 7 nitrogen and oxygen atoms in total. The lowest BCUT2D eigenvalue weighted by atomic mass is 10.2. The Bertz CT molecular complexity index is 620. The molecule has 1 aromatic rings. The van der Waals surface area contributed by atoms with E-state index in [-0.39, 0.29) is 30.5 Å². The fourth-order valence-corrected chi connectivity index (χ4v) is 2.00. The van der Waals surface area contributed by atoms with Crippen molar-refractivity contribution in [3.8, 4) is 6.07 Å². The predicted molar refractivity (Wildman–Crippen MR) is 88.1 cm³/mol. The third-order valence-corrected chi connectivity index (χ3v) is 3.11. The van der Waals surface area contributed by atoms with Crippen molar-refractivity contribution in [2.24, 2.45) is 0 Å². The van der Waals surface area contributed by atoms with Crippen molar-refractivity contribution < 1.29 is 19.1 Å². The second-order valence-corrected chi connectivity index (χ2v) is 5.29. The van der Waals surface area contributed by atoms with Crippen molar-refractivity contribution >= 4 is 23.5 Å². The third-order valence-electron chi connectivity index (χ3n) is 3.11. The van der Waals surface area contributed by atoms with Crippen LogP contribution in [0.1, 0.15) is 43.5 Å². The van der Waals surface area contributed by atoms with Crippen molar-refractivity contribution in [1.29, 1.82) is 5.26 Å². The van der Waals surface area contributed by atoms with E-state index in [1.165, 1.54) is 24.3 Å². The van der Waals surface area contributed by atoms with Gasteiger partial charge in [-0.2, -0.15) is 5.26 Å². The molecule has 0 fully saturated rings. The predicted octanol–water partition coefficient (Wildman–Crippen LogP) is 2.00. The van der Waals surface area contributed by atoms with Gasteiger partial charge in [-0.25, -0.2) is 4.79 Å². The van der Waals surface area contributed by atoms with Crippen molar-refractivity contribution in [2.75, 3.05) is 11.9 Å². The molecule has 2 amide bonds. The molecule has 1 aromatic carbocycles. The van der Waals surface area contributed by atoms with Crippen LogP contribution in [0.5, 0.6) is 0 Å². The molecule has 0 saturated heterocycles. The van der Waals surface area contributed by atoms with Crippen LogP contribution in [0.25, 0.3) is 0 Å². The van der Waals surface area contributed by atoms with Gasteiger partial charge in [0.25, 0.3) is 5.91 Å². The smallest absolute Gasteiger partial charge is 0.338 e. The molecule has 0 spiro atoms. The summed E-state index contributed by atoms with van der Waals surface area (Å²) in [4.78, 5) is 34.8. The van der Waals surface area contributed by atoms with E-state index < -0.39 is 11.9 Å². The summed E-state index contributed by atoms with van der Waals surface area (Å²) in [5.74, 6) is -1.39. The quantitative estimate of drug-likeness (QED) is 0.708. The van der Waals surface area contributed by atoms with Crippen LogP contribution in [-0.4, -0.2) is 30.4 Å². The molecular formula is C17H21N3O4. The van der Waals surface area contributed by atoms with Gasteiger partial charge in [0, 0.05) is 11.7 Å². The summed E-state index contributed by atoms with van der Waals surface area (Å²) in [6.45, 7) is 3.57. The first-order valence-corrected chi connectivity index (χ1v) is 7.69. The van der Waals surface area contributed by atoms with Gasteiger partial charge in [-0.1, -0.05) is 13.3 Å². The topological polar surface area (TPSA) is 108 Å². The van der Waals surface area contributed by atoms with E-state index in [9.17, 15) is 14.4 Å². The average molecular weight is 331 g/mol. The molecule has 2 N–H and O–H groups in total. The number of hydrogen-bond donors (Lipinski definition) is 2. The molecule has 128 valence electrons. The molecule has 1 atom stereocenters. The first-order valence-electron chi connectivity index (χ1n) is 7.69. The Balaban J connectivity index is 2.47. The molecule has 0 aromatic heterocycles. The summed E-state index contributed by atoms with van der Waals surface area (Å²) in [7, 11) is 0. The maximum Gasteiger partial charge on any atom is 0.338 e. The number of nitrogens with one attached hydrogen (secondary N) is 2. The number of anilines is 1. The van der Waals surface area contributed by atoms with E-state index in [1.54, 1.807) is 6.07 Å². The molecule has 1 rings (SSSR count). The normalized spacial score (nSPS) is 11.0. The van der Waals surface area contributed by atoms with E-state index in [2.05, 4.69) is 10.6 Å². The Hall–Kier alpha value is -2.88. The molecule has 7 heteroatoms. The first kappa shape index (κ1) is 19.2. The van der Waals surface area contributed by atoms with Crippen LogP contribution in [-0.2, 0) is 14.3 Å². The van der Waals surface area contributed by atoms with Gasteiger partial charge >= 0.3 is 5.97 Å². The molecular weight excluding hydrogens is 310 g/mol. The highest BCUT2D eigenvalue weighted by molar-refractivity contribution is 5.94. The maximum absolute atomic E-state index is 11.9. The maximum atomic E-state index is 11.9. The molecule has 0 aliphatic rings. The number of nitrogens with zero attached hydrogens (tertiary/aromatic N) is 1. The van der Waals surface area contributed by atoms with Crippen LogP contribution in [0.3, 0.4) is 0 Å². The van der Waals surface area contributed by atoms with Gasteiger partial charge in [0.05, 0.1) is 11.6 Å². The zero-order chi connectivity index (χ0) is 17.9. The van der Waals surface area contributed by atoms with E-state index in [4.69, 9.17) is 10.00 Å². The first-order chi connectivity index (χ1) is 11.5. The average Bonchev–Trinajstić information content (AvgIpc) is 2.53. The highest BCUT2D eigenvalue weighted by Gasteiger charge is 2.12. The lowest BCUT2D eigenvalue weighted by Crippen LogP contribution is -2.35. The monoisotopic (exact) mass is 331 g/mol. The molecule has 0 aliphatic carbocycles. The van der Waals surface area contributed by atoms with Crippen molar-refractivity contribution in [3.05, 3.63) is 29.8 Å². The Kier molecular flexibility index (Phi) is 7.99. The van der Waals surface area contributed by atoms with E-state index in [0.717, 1.165) is 12.8 Å². The zero-order valence-corrected chi connectivity index (χ0v) is 13.8. The number of rotatable bonds is 8. The minimum atomic E-state index is -0.622. The summed E-state index contributed by atoms with van der Waals surface area (Å²) in [5.41, 5.74) is 0.737. The molecule has 24 heavy (non-hydrogen) atoms. The van der Waals surface area contributed by atoms with Crippen LogP contribution in [0, 0.1) is 11.3 Å². The van der Waals surface area contributed by atoms with Crippen molar-refractivity contribution in [2.45, 2.75) is 39.2 Å². The lowest BCUT2D eigenvalue weighted by Gasteiger charge is -2.12. The lowest BCUT2D eigenvalue weighted by molar-refractivity contribution is -0.124. The zero-order valence-electron chi connectivity index (χ0n) is 13.8. The summed E-state index contributed by atoms with van der Waals surface area (Å²) in [6.07, 6.45) is 1.58. The number of carbonyl (C=O) groups excluding carboxylic acids is 3. The fourth-order valence-electron chi connectivity index (χ4n) is 2.00. The summed E-state index contributed by atoms with van der Waals surface area (Å²) in [5, 5.41) is 13.7. The van der Waals surface area contributed by atoms with Crippen LogP contribution in [0.15, 0.2) is 24.3 Å². The summed E-state index contributed by atoms with van der Waals surface area (Å²) in [6, 6.07) is 7.78. The molecule has 0 unspecified atom stereocenters. The minimum Gasteiger partial charge on any atom is -0.452 e. The number of hydrogen-bond acceptors (Lipinski definition) is 5. The molecule has 0 saturated carbocycles. The molecule has 0 bridgehead atoms. The molecule has 0 radical (unpaired) electrons. The van der Waals surface area contributed by atoms with E-state index in [1.807, 2.05) is 13.8 Å². The van der Waals surface area contributed by atoms with E-state index in [0.29, 0.717) is 5.69 Å². The Morgan fingerprint density at radius 3 is 2.46 bits per heavy atom. The number of amides is 2. The number of nitriles is 1. The number of carbonyl (C=O) groups is 3. The highest BCUT2D eigenvalue weighted by atomic mass is 16.5. The van der Waals surface area contributed by atoms with Gasteiger partial charge in [0.2, 0.25) is 5.91 Å². The second kappa shape index (κ2) is 10.0. The SMILES string of the molecule is CCC[C@H](C)NC(=O)COC(=O)c1ccc(NC(=O)CC#N)cc1. The summed E-state index contributed by atoms with van der Waals surface area (Å²) < 4.78 is 4.95. The Morgan fingerprint density at radius 2 is 1.88 bits per heavy atom. The minimum absolute atomic E-state index is 0.0394. The fraction of sp³-hybridized carbons (Fsp3) is 0.412. The Morgan fingerprint density at radius 1 is 1.21 bits per heavy atom.